The molecular formula is C17H24O4. The predicted molar refractivity (Wildman–Crippen MR) is 81.5 cm³/mol. The number of ketones is 1. The minimum absolute atomic E-state index is 0.176. The first kappa shape index (κ1) is 17.2. The Morgan fingerprint density at radius 2 is 1.71 bits per heavy atom. The fourth-order valence-electron chi connectivity index (χ4n) is 1.90. The molecule has 116 valence electrons. The highest BCUT2D eigenvalue weighted by atomic mass is 16.6. The zero-order chi connectivity index (χ0) is 16.3. The molecule has 4 nitrogen and oxygen atoms in total. The Labute approximate surface area is 126 Å². The van der Waals surface area contributed by atoms with Crippen molar-refractivity contribution in [1.29, 1.82) is 0 Å². The van der Waals surface area contributed by atoms with E-state index in [0.717, 1.165) is 5.56 Å². The van der Waals surface area contributed by atoms with E-state index in [2.05, 4.69) is 0 Å². The van der Waals surface area contributed by atoms with Crippen molar-refractivity contribution >= 4 is 11.8 Å². The summed E-state index contributed by atoms with van der Waals surface area (Å²) in [6.07, 6.45) is -0.235. The normalized spacial score (nSPS) is 11.9. The Morgan fingerprint density at radius 3 is 2.24 bits per heavy atom. The highest BCUT2D eigenvalue weighted by Gasteiger charge is 2.32. The van der Waals surface area contributed by atoms with E-state index >= 15 is 0 Å². The second kappa shape index (κ2) is 6.29. The number of carbonyl (C=O) groups is 2. The molecule has 4 heteroatoms. The number of benzene rings is 1. The second-order valence-corrected chi connectivity index (χ2v) is 6.54. The number of rotatable bonds is 5. The van der Waals surface area contributed by atoms with Crippen LogP contribution < -0.4 is 4.74 Å². The lowest BCUT2D eigenvalue weighted by atomic mass is 9.79. The molecule has 0 aromatic heterocycles. The van der Waals surface area contributed by atoms with Crippen LogP contribution in [0.2, 0.25) is 0 Å². The number of methoxy groups -OCH3 is 1. The summed E-state index contributed by atoms with van der Waals surface area (Å²) in [5, 5.41) is 0. The average molecular weight is 292 g/mol. The van der Waals surface area contributed by atoms with Gasteiger partial charge in [0.05, 0.1) is 7.11 Å². The van der Waals surface area contributed by atoms with Crippen molar-refractivity contribution in [3.05, 3.63) is 29.8 Å². The van der Waals surface area contributed by atoms with Crippen LogP contribution >= 0.6 is 0 Å². The van der Waals surface area contributed by atoms with E-state index in [1.54, 1.807) is 41.7 Å². The molecule has 0 aliphatic carbocycles. The molecular weight excluding hydrogens is 268 g/mol. The van der Waals surface area contributed by atoms with E-state index in [4.69, 9.17) is 9.47 Å². The Kier molecular flexibility index (Phi) is 5.15. The molecule has 1 aromatic rings. The molecule has 0 amide bonds. The number of esters is 1. The van der Waals surface area contributed by atoms with Gasteiger partial charge in [0.25, 0.3) is 0 Å². The average Bonchev–Trinajstić information content (AvgIpc) is 2.36. The zero-order valence-corrected chi connectivity index (χ0v) is 13.6. The van der Waals surface area contributed by atoms with Crippen molar-refractivity contribution < 1.29 is 19.1 Å². The third kappa shape index (κ3) is 4.88. The Hall–Kier alpha value is -1.84. The first-order valence-electron chi connectivity index (χ1n) is 6.96. The van der Waals surface area contributed by atoms with Gasteiger partial charge in [-0.1, -0.05) is 12.1 Å². The molecule has 0 atom stereocenters. The lowest BCUT2D eigenvalue weighted by molar-refractivity contribution is -0.156. The van der Waals surface area contributed by atoms with Crippen LogP contribution in [0, 0.1) is 0 Å². The number of hydrogen-bond donors (Lipinski definition) is 0. The molecule has 0 fully saturated rings. The minimum Gasteiger partial charge on any atom is -0.497 e. The van der Waals surface area contributed by atoms with E-state index in [-0.39, 0.29) is 12.2 Å². The lowest BCUT2D eigenvalue weighted by Crippen LogP contribution is -2.33. The summed E-state index contributed by atoms with van der Waals surface area (Å²) in [4.78, 5) is 24.2. The largest absolute Gasteiger partial charge is 0.497 e. The number of Topliss-reactive ketones (excluding diaryl/α,β-unsaturated/α-hetero) is 1. The Bertz CT molecular complexity index is 524. The molecule has 0 saturated carbocycles. The van der Waals surface area contributed by atoms with Gasteiger partial charge in [-0.05, 0) is 52.3 Å². The van der Waals surface area contributed by atoms with Crippen LogP contribution in [0.4, 0.5) is 0 Å². The van der Waals surface area contributed by atoms with Gasteiger partial charge in [-0.25, -0.2) is 0 Å². The highest BCUT2D eigenvalue weighted by Crippen LogP contribution is 2.28. The number of ether oxygens (including phenoxy) is 2. The van der Waals surface area contributed by atoms with Crippen molar-refractivity contribution in [3.8, 4) is 5.75 Å². The van der Waals surface area contributed by atoms with Gasteiger partial charge in [0.2, 0.25) is 0 Å². The van der Waals surface area contributed by atoms with Gasteiger partial charge in [0.15, 0.2) is 5.78 Å². The van der Waals surface area contributed by atoms with Gasteiger partial charge in [0.1, 0.15) is 17.8 Å². The van der Waals surface area contributed by atoms with Crippen molar-refractivity contribution in [3.63, 3.8) is 0 Å². The van der Waals surface area contributed by atoms with E-state index in [1.807, 2.05) is 24.3 Å². The zero-order valence-electron chi connectivity index (χ0n) is 13.6. The van der Waals surface area contributed by atoms with Crippen molar-refractivity contribution in [1.82, 2.24) is 0 Å². The summed E-state index contributed by atoms with van der Waals surface area (Å²) in [5.41, 5.74) is -0.543. The van der Waals surface area contributed by atoms with Crippen molar-refractivity contribution in [2.75, 3.05) is 7.11 Å². The van der Waals surface area contributed by atoms with Crippen LogP contribution in [0.1, 0.15) is 46.6 Å². The molecule has 1 aromatic carbocycles. The standard InChI is InChI=1S/C17H24O4/c1-16(2,3)21-15(19)11-14(18)17(4,5)12-8-7-9-13(10-12)20-6/h7-10H,11H2,1-6H3. The summed E-state index contributed by atoms with van der Waals surface area (Å²) in [6, 6.07) is 7.32. The summed E-state index contributed by atoms with van der Waals surface area (Å²) in [5.74, 6) is 0.0131. The molecule has 1 rings (SSSR count). The van der Waals surface area contributed by atoms with Gasteiger partial charge in [-0.15, -0.1) is 0 Å². The van der Waals surface area contributed by atoms with Crippen LogP contribution in [0.5, 0.6) is 5.75 Å². The highest BCUT2D eigenvalue weighted by molar-refractivity contribution is 6.01. The van der Waals surface area contributed by atoms with Crippen LogP contribution in [0.3, 0.4) is 0 Å². The molecule has 0 aliphatic rings. The molecule has 0 bridgehead atoms. The van der Waals surface area contributed by atoms with E-state index < -0.39 is 17.0 Å². The van der Waals surface area contributed by atoms with Crippen LogP contribution in [-0.4, -0.2) is 24.5 Å². The smallest absolute Gasteiger partial charge is 0.313 e. The summed E-state index contributed by atoms with van der Waals surface area (Å²) < 4.78 is 10.4. The van der Waals surface area contributed by atoms with E-state index in [1.165, 1.54) is 0 Å². The van der Waals surface area contributed by atoms with Gasteiger partial charge in [0, 0.05) is 5.41 Å². The van der Waals surface area contributed by atoms with Crippen molar-refractivity contribution in [2.24, 2.45) is 0 Å². The number of carbonyl (C=O) groups excluding carboxylic acids is 2. The van der Waals surface area contributed by atoms with E-state index in [9.17, 15) is 9.59 Å². The maximum absolute atomic E-state index is 12.4. The van der Waals surface area contributed by atoms with Crippen LogP contribution in [-0.2, 0) is 19.7 Å². The maximum Gasteiger partial charge on any atom is 0.313 e. The van der Waals surface area contributed by atoms with Crippen LogP contribution in [0.25, 0.3) is 0 Å². The summed E-state index contributed by atoms with van der Waals surface area (Å²) in [7, 11) is 1.58. The third-order valence-electron chi connectivity index (χ3n) is 3.21. The molecule has 0 heterocycles. The van der Waals surface area contributed by atoms with Gasteiger partial charge in [-0.3, -0.25) is 9.59 Å². The summed E-state index contributed by atoms with van der Waals surface area (Å²) >= 11 is 0. The second-order valence-electron chi connectivity index (χ2n) is 6.54. The lowest BCUT2D eigenvalue weighted by Gasteiger charge is -2.25. The van der Waals surface area contributed by atoms with Gasteiger partial charge < -0.3 is 9.47 Å². The van der Waals surface area contributed by atoms with Crippen molar-refractivity contribution in [2.45, 2.75) is 52.1 Å². The van der Waals surface area contributed by atoms with Gasteiger partial charge in [-0.2, -0.15) is 0 Å². The van der Waals surface area contributed by atoms with Crippen LogP contribution in [0.15, 0.2) is 24.3 Å². The topological polar surface area (TPSA) is 52.6 Å². The van der Waals surface area contributed by atoms with E-state index in [0.29, 0.717) is 5.75 Å². The fourth-order valence-corrected chi connectivity index (χ4v) is 1.90. The molecule has 0 aliphatic heterocycles. The molecule has 0 radical (unpaired) electrons. The number of hydrogen-bond acceptors (Lipinski definition) is 4. The fraction of sp³-hybridized carbons (Fsp3) is 0.529. The molecule has 21 heavy (non-hydrogen) atoms. The molecule has 0 unspecified atom stereocenters. The Morgan fingerprint density at radius 1 is 1.10 bits per heavy atom. The minimum atomic E-state index is -0.772. The first-order chi connectivity index (χ1) is 9.56. The Balaban J connectivity index is 2.86. The first-order valence-corrected chi connectivity index (χ1v) is 6.96. The van der Waals surface area contributed by atoms with Gasteiger partial charge >= 0.3 is 5.97 Å². The monoisotopic (exact) mass is 292 g/mol. The SMILES string of the molecule is COc1cccc(C(C)(C)C(=O)CC(=O)OC(C)(C)C)c1. The predicted octanol–water partition coefficient (Wildman–Crippen LogP) is 3.27. The summed E-state index contributed by atoms with van der Waals surface area (Å²) in [6.45, 7) is 8.94. The third-order valence-corrected chi connectivity index (χ3v) is 3.21. The maximum atomic E-state index is 12.4. The molecule has 0 saturated heterocycles. The molecule has 0 spiro atoms. The molecule has 0 N–H and O–H groups in total. The quantitative estimate of drug-likeness (QED) is 0.617.